The molecule has 7 nitrogen and oxygen atoms in total. The van der Waals surface area contributed by atoms with Crippen LogP contribution in [-0.2, 0) is 4.79 Å². The summed E-state index contributed by atoms with van der Waals surface area (Å²) in [7, 11) is 0. The van der Waals surface area contributed by atoms with Gasteiger partial charge in [-0.1, -0.05) is 11.6 Å². The Bertz CT molecular complexity index is 877. The average molecular weight is 332 g/mol. The van der Waals surface area contributed by atoms with Gasteiger partial charge in [-0.25, -0.2) is 4.98 Å². The highest BCUT2D eigenvalue weighted by Crippen LogP contribution is 2.21. The molecule has 2 aromatic heterocycles. The van der Waals surface area contributed by atoms with Crippen LogP contribution in [0.5, 0.6) is 5.75 Å². The average Bonchev–Trinajstić information content (AvgIpc) is 2.90. The SMILES string of the molecule is Cc1cc(Cl)ccc1OCC(=O)Nc1nc2nccc(C)n2n1. The van der Waals surface area contributed by atoms with Gasteiger partial charge >= 0.3 is 0 Å². The molecule has 3 rings (SSSR count). The van der Waals surface area contributed by atoms with E-state index in [0.29, 0.717) is 16.5 Å². The molecule has 0 unspecified atom stereocenters. The molecule has 8 heteroatoms. The van der Waals surface area contributed by atoms with Crippen molar-refractivity contribution in [3.63, 3.8) is 0 Å². The Balaban J connectivity index is 1.65. The monoisotopic (exact) mass is 331 g/mol. The minimum absolute atomic E-state index is 0.148. The van der Waals surface area contributed by atoms with E-state index in [-0.39, 0.29) is 18.5 Å². The Morgan fingerprint density at radius 3 is 2.91 bits per heavy atom. The summed E-state index contributed by atoms with van der Waals surface area (Å²) in [4.78, 5) is 20.2. The van der Waals surface area contributed by atoms with Gasteiger partial charge in [0.1, 0.15) is 5.75 Å². The summed E-state index contributed by atoms with van der Waals surface area (Å²) in [5, 5.41) is 7.38. The van der Waals surface area contributed by atoms with Gasteiger partial charge in [-0.05, 0) is 43.7 Å². The van der Waals surface area contributed by atoms with Crippen LogP contribution in [0.4, 0.5) is 5.95 Å². The van der Waals surface area contributed by atoms with E-state index in [1.54, 1.807) is 35.0 Å². The maximum absolute atomic E-state index is 12.0. The predicted octanol–water partition coefficient (Wildman–Crippen LogP) is 2.41. The summed E-state index contributed by atoms with van der Waals surface area (Å²) in [5.41, 5.74) is 1.73. The number of benzene rings is 1. The third-order valence-corrected chi connectivity index (χ3v) is 3.41. The van der Waals surface area contributed by atoms with Crippen LogP contribution in [0.3, 0.4) is 0 Å². The number of nitrogens with one attached hydrogen (secondary N) is 1. The molecule has 2 heterocycles. The number of aryl methyl sites for hydroxylation is 2. The topological polar surface area (TPSA) is 81.4 Å². The van der Waals surface area contributed by atoms with Crippen molar-refractivity contribution < 1.29 is 9.53 Å². The predicted molar refractivity (Wildman–Crippen MR) is 85.8 cm³/mol. The molecule has 0 aliphatic rings. The van der Waals surface area contributed by atoms with E-state index in [9.17, 15) is 4.79 Å². The number of halogens is 1. The molecule has 0 aliphatic carbocycles. The quantitative estimate of drug-likeness (QED) is 0.794. The number of rotatable bonds is 4. The van der Waals surface area contributed by atoms with Gasteiger partial charge < -0.3 is 4.74 Å². The van der Waals surface area contributed by atoms with E-state index in [0.717, 1.165) is 11.3 Å². The third-order valence-electron chi connectivity index (χ3n) is 3.18. The lowest BCUT2D eigenvalue weighted by molar-refractivity contribution is -0.118. The summed E-state index contributed by atoms with van der Waals surface area (Å²) in [6, 6.07) is 7.01. The van der Waals surface area contributed by atoms with E-state index in [1.165, 1.54) is 0 Å². The Labute approximate surface area is 137 Å². The summed E-state index contributed by atoms with van der Waals surface area (Å²) >= 11 is 5.88. The lowest BCUT2D eigenvalue weighted by Gasteiger charge is -2.08. The molecule has 0 saturated carbocycles. The molecule has 1 N–H and O–H groups in total. The smallest absolute Gasteiger partial charge is 0.264 e. The summed E-state index contributed by atoms with van der Waals surface area (Å²) in [6.45, 7) is 3.59. The zero-order chi connectivity index (χ0) is 16.4. The van der Waals surface area contributed by atoms with E-state index in [2.05, 4.69) is 20.4 Å². The van der Waals surface area contributed by atoms with Crippen molar-refractivity contribution >= 4 is 29.2 Å². The van der Waals surface area contributed by atoms with Crippen LogP contribution in [0.2, 0.25) is 5.02 Å². The second-order valence-corrected chi connectivity index (χ2v) is 5.42. The molecule has 1 aromatic carbocycles. The van der Waals surface area contributed by atoms with Crippen LogP contribution < -0.4 is 10.1 Å². The zero-order valence-corrected chi connectivity index (χ0v) is 13.3. The first-order valence-corrected chi connectivity index (χ1v) is 7.28. The molecule has 23 heavy (non-hydrogen) atoms. The van der Waals surface area contributed by atoms with Crippen molar-refractivity contribution in [1.29, 1.82) is 0 Å². The molecule has 0 bridgehead atoms. The van der Waals surface area contributed by atoms with Crippen molar-refractivity contribution in [2.24, 2.45) is 0 Å². The van der Waals surface area contributed by atoms with Crippen LogP contribution in [0.1, 0.15) is 11.3 Å². The minimum atomic E-state index is -0.354. The number of carbonyl (C=O) groups excluding carboxylic acids is 1. The maximum Gasteiger partial charge on any atom is 0.264 e. The summed E-state index contributed by atoms with van der Waals surface area (Å²) in [5.74, 6) is 0.862. The second-order valence-electron chi connectivity index (χ2n) is 4.98. The Morgan fingerprint density at radius 1 is 1.35 bits per heavy atom. The highest BCUT2D eigenvalue weighted by atomic mass is 35.5. The van der Waals surface area contributed by atoms with E-state index in [4.69, 9.17) is 16.3 Å². The first kappa shape index (κ1) is 15.2. The number of amides is 1. The first-order chi connectivity index (χ1) is 11.0. The molecule has 0 atom stereocenters. The lowest BCUT2D eigenvalue weighted by atomic mass is 10.2. The van der Waals surface area contributed by atoms with Crippen LogP contribution in [0.15, 0.2) is 30.5 Å². The molecule has 0 radical (unpaired) electrons. The number of fused-ring (bicyclic) bond motifs is 1. The Hall–Kier alpha value is -2.67. The summed E-state index contributed by atoms with van der Waals surface area (Å²) in [6.07, 6.45) is 1.64. The Morgan fingerprint density at radius 2 is 2.17 bits per heavy atom. The number of carbonyl (C=O) groups is 1. The minimum Gasteiger partial charge on any atom is -0.483 e. The van der Waals surface area contributed by atoms with Gasteiger partial charge in [-0.15, -0.1) is 5.10 Å². The van der Waals surface area contributed by atoms with Crippen LogP contribution in [0, 0.1) is 13.8 Å². The molecule has 0 fully saturated rings. The standard InChI is InChI=1S/C15H14ClN5O2/c1-9-7-11(16)3-4-12(9)23-8-13(22)18-14-19-15-17-6-5-10(2)21(15)20-14/h3-7H,8H2,1-2H3,(H,18,20,22). The normalized spacial score (nSPS) is 10.7. The van der Waals surface area contributed by atoms with Gasteiger partial charge in [-0.3, -0.25) is 10.1 Å². The molecular weight excluding hydrogens is 318 g/mol. The second kappa shape index (κ2) is 6.21. The molecule has 0 saturated heterocycles. The number of nitrogens with zero attached hydrogens (tertiary/aromatic N) is 4. The third kappa shape index (κ3) is 3.40. The first-order valence-electron chi connectivity index (χ1n) is 6.90. The molecule has 0 spiro atoms. The molecular formula is C15H14ClN5O2. The largest absolute Gasteiger partial charge is 0.483 e. The van der Waals surface area contributed by atoms with Crippen LogP contribution in [0.25, 0.3) is 5.78 Å². The highest BCUT2D eigenvalue weighted by Gasteiger charge is 2.11. The molecule has 1 amide bonds. The van der Waals surface area contributed by atoms with E-state index >= 15 is 0 Å². The van der Waals surface area contributed by atoms with Crippen molar-refractivity contribution in [1.82, 2.24) is 19.6 Å². The van der Waals surface area contributed by atoms with Crippen molar-refractivity contribution in [2.45, 2.75) is 13.8 Å². The molecule has 0 aliphatic heterocycles. The highest BCUT2D eigenvalue weighted by molar-refractivity contribution is 6.30. The number of ether oxygens (including phenoxy) is 1. The molecule has 3 aromatic rings. The Kier molecular flexibility index (Phi) is 4.12. The fraction of sp³-hybridized carbons (Fsp3) is 0.200. The van der Waals surface area contributed by atoms with Crippen molar-refractivity contribution in [3.8, 4) is 5.75 Å². The fourth-order valence-electron chi connectivity index (χ4n) is 2.04. The van der Waals surface area contributed by atoms with Gasteiger partial charge in [0.25, 0.3) is 17.6 Å². The summed E-state index contributed by atoms with van der Waals surface area (Å²) < 4.78 is 7.03. The van der Waals surface area contributed by atoms with Crippen molar-refractivity contribution in [2.75, 3.05) is 11.9 Å². The fourth-order valence-corrected chi connectivity index (χ4v) is 2.26. The maximum atomic E-state index is 12.0. The zero-order valence-electron chi connectivity index (χ0n) is 12.6. The number of aromatic nitrogens is 4. The van der Waals surface area contributed by atoms with Gasteiger partial charge in [0, 0.05) is 16.9 Å². The molecule has 118 valence electrons. The number of anilines is 1. The van der Waals surface area contributed by atoms with E-state index < -0.39 is 0 Å². The van der Waals surface area contributed by atoms with E-state index in [1.807, 2.05) is 13.8 Å². The van der Waals surface area contributed by atoms with Gasteiger partial charge in [0.05, 0.1) is 0 Å². The van der Waals surface area contributed by atoms with Crippen LogP contribution in [-0.4, -0.2) is 32.1 Å². The van der Waals surface area contributed by atoms with Gasteiger partial charge in [-0.2, -0.15) is 9.50 Å². The van der Waals surface area contributed by atoms with Crippen LogP contribution >= 0.6 is 11.6 Å². The van der Waals surface area contributed by atoms with Gasteiger partial charge in [0.2, 0.25) is 0 Å². The number of hydrogen-bond donors (Lipinski definition) is 1. The van der Waals surface area contributed by atoms with Gasteiger partial charge in [0.15, 0.2) is 6.61 Å². The lowest BCUT2D eigenvalue weighted by Crippen LogP contribution is -2.21. The number of hydrogen-bond acceptors (Lipinski definition) is 5. The van der Waals surface area contributed by atoms with Crippen molar-refractivity contribution in [3.05, 3.63) is 46.7 Å².